The maximum atomic E-state index is 13.2. The number of aromatic nitrogens is 2. The van der Waals surface area contributed by atoms with Crippen molar-refractivity contribution in [3.8, 4) is 0 Å². The topological polar surface area (TPSA) is 98.1 Å². The smallest absolute Gasteiger partial charge is 0.263 e. The Morgan fingerprint density at radius 3 is 2.60 bits per heavy atom. The van der Waals surface area contributed by atoms with Gasteiger partial charge in [0, 0.05) is 6.07 Å². The van der Waals surface area contributed by atoms with Crippen molar-refractivity contribution >= 4 is 25.7 Å². The van der Waals surface area contributed by atoms with Crippen LogP contribution in [0.2, 0.25) is 0 Å². The zero-order chi connectivity index (χ0) is 18.4. The summed E-state index contributed by atoms with van der Waals surface area (Å²) in [5.41, 5.74) is 0.844. The highest BCUT2D eigenvalue weighted by Crippen LogP contribution is 2.28. The van der Waals surface area contributed by atoms with E-state index in [0.717, 1.165) is 12.1 Å². The zero-order valence-electron chi connectivity index (χ0n) is 13.7. The van der Waals surface area contributed by atoms with Crippen LogP contribution in [-0.2, 0) is 19.9 Å². The number of sulfonamides is 1. The first kappa shape index (κ1) is 17.9. The van der Waals surface area contributed by atoms with Crippen LogP contribution in [0.5, 0.6) is 0 Å². The first-order valence-electron chi connectivity index (χ1n) is 7.63. The second kappa shape index (κ2) is 6.10. The number of benzene rings is 1. The van der Waals surface area contributed by atoms with Crippen molar-refractivity contribution in [1.82, 2.24) is 9.78 Å². The van der Waals surface area contributed by atoms with Crippen LogP contribution in [0.4, 0.5) is 10.2 Å². The standard InChI is InChI=1S/C15H18FN3O4S2/c1-10-7-12(16)3-4-14(10)25(22,23)18-15-8-11(2)17-19(15)13-5-6-24(20,21)9-13/h3-4,7-8,13,18H,5-6,9H2,1-2H3/t13-/m0/s1. The van der Waals surface area contributed by atoms with E-state index in [-0.39, 0.29) is 27.8 Å². The molecule has 2 aromatic rings. The number of rotatable bonds is 4. The van der Waals surface area contributed by atoms with E-state index in [1.165, 1.54) is 17.7 Å². The Bertz CT molecular complexity index is 1030. The maximum absolute atomic E-state index is 13.2. The molecular weight excluding hydrogens is 369 g/mol. The third-order valence-electron chi connectivity index (χ3n) is 4.08. The molecular formula is C15H18FN3O4S2. The van der Waals surface area contributed by atoms with Crippen LogP contribution in [0.1, 0.15) is 23.7 Å². The summed E-state index contributed by atoms with van der Waals surface area (Å²) in [6.45, 7) is 3.20. The highest BCUT2D eigenvalue weighted by Gasteiger charge is 2.32. The molecule has 0 amide bonds. The van der Waals surface area contributed by atoms with Gasteiger partial charge in [-0.1, -0.05) is 0 Å². The number of nitrogens with zero attached hydrogens (tertiary/aromatic N) is 2. The van der Waals surface area contributed by atoms with Crippen LogP contribution in [0.3, 0.4) is 0 Å². The fourth-order valence-corrected chi connectivity index (χ4v) is 5.91. The first-order valence-corrected chi connectivity index (χ1v) is 10.9. The molecule has 1 atom stereocenters. The van der Waals surface area contributed by atoms with E-state index < -0.39 is 31.7 Å². The Labute approximate surface area is 145 Å². The summed E-state index contributed by atoms with van der Waals surface area (Å²) in [4.78, 5) is -0.0432. The van der Waals surface area contributed by atoms with Gasteiger partial charge in [-0.15, -0.1) is 0 Å². The lowest BCUT2D eigenvalue weighted by Gasteiger charge is -2.15. The van der Waals surface area contributed by atoms with E-state index in [1.807, 2.05) is 0 Å². The predicted molar refractivity (Wildman–Crippen MR) is 91.2 cm³/mol. The van der Waals surface area contributed by atoms with Crippen molar-refractivity contribution in [3.05, 3.63) is 41.3 Å². The second-order valence-electron chi connectivity index (χ2n) is 6.19. The number of sulfone groups is 1. The normalized spacial score (nSPS) is 19.9. The van der Waals surface area contributed by atoms with E-state index in [4.69, 9.17) is 0 Å². The summed E-state index contributed by atoms with van der Waals surface area (Å²) in [5, 5.41) is 4.24. The van der Waals surface area contributed by atoms with Gasteiger partial charge in [-0.25, -0.2) is 25.9 Å². The zero-order valence-corrected chi connectivity index (χ0v) is 15.4. The fourth-order valence-electron chi connectivity index (χ4n) is 2.95. The largest absolute Gasteiger partial charge is 0.264 e. The average molecular weight is 387 g/mol. The lowest BCUT2D eigenvalue weighted by Crippen LogP contribution is -2.20. The summed E-state index contributed by atoms with van der Waals surface area (Å²) < 4.78 is 65.8. The molecule has 3 rings (SSSR count). The van der Waals surface area contributed by atoms with Crippen molar-refractivity contribution in [3.63, 3.8) is 0 Å². The summed E-state index contributed by atoms with van der Waals surface area (Å²) in [6.07, 6.45) is 0.383. The molecule has 1 N–H and O–H groups in total. The van der Waals surface area contributed by atoms with Crippen molar-refractivity contribution in [1.29, 1.82) is 0 Å². The molecule has 1 aliphatic heterocycles. The van der Waals surface area contributed by atoms with Crippen LogP contribution in [0.25, 0.3) is 0 Å². The number of nitrogens with one attached hydrogen (secondary N) is 1. The fraction of sp³-hybridized carbons (Fsp3) is 0.400. The number of anilines is 1. The van der Waals surface area contributed by atoms with Crippen LogP contribution < -0.4 is 4.72 Å². The van der Waals surface area contributed by atoms with E-state index >= 15 is 0 Å². The number of halogens is 1. The van der Waals surface area contributed by atoms with Crippen LogP contribution in [-0.4, -0.2) is 38.1 Å². The Morgan fingerprint density at radius 2 is 2.00 bits per heavy atom. The van der Waals surface area contributed by atoms with Gasteiger partial charge in [0.2, 0.25) is 0 Å². The first-order chi connectivity index (χ1) is 11.6. The van der Waals surface area contributed by atoms with Gasteiger partial charge in [0.25, 0.3) is 10.0 Å². The molecule has 0 bridgehead atoms. The van der Waals surface area contributed by atoms with Gasteiger partial charge in [0.15, 0.2) is 9.84 Å². The Morgan fingerprint density at radius 1 is 1.28 bits per heavy atom. The summed E-state index contributed by atoms with van der Waals surface area (Å²) >= 11 is 0. The van der Waals surface area contributed by atoms with E-state index in [2.05, 4.69) is 9.82 Å². The highest BCUT2D eigenvalue weighted by molar-refractivity contribution is 7.92. The molecule has 1 aromatic heterocycles. The van der Waals surface area contributed by atoms with Crippen LogP contribution in [0, 0.1) is 19.7 Å². The monoisotopic (exact) mass is 387 g/mol. The molecule has 1 fully saturated rings. The van der Waals surface area contributed by atoms with Gasteiger partial charge in [-0.3, -0.25) is 4.72 Å². The minimum absolute atomic E-state index is 0.0432. The van der Waals surface area contributed by atoms with Crippen molar-refractivity contribution < 1.29 is 21.2 Å². The molecule has 0 unspecified atom stereocenters. The highest BCUT2D eigenvalue weighted by atomic mass is 32.2. The number of hydrogen-bond donors (Lipinski definition) is 1. The molecule has 1 saturated heterocycles. The molecule has 10 heteroatoms. The van der Waals surface area contributed by atoms with Crippen LogP contribution in [0.15, 0.2) is 29.2 Å². The predicted octanol–water partition coefficient (Wildman–Crippen LogP) is 1.80. The number of hydrogen-bond acceptors (Lipinski definition) is 5. The number of aryl methyl sites for hydroxylation is 2. The molecule has 1 aliphatic rings. The minimum Gasteiger partial charge on any atom is -0.264 e. The van der Waals surface area contributed by atoms with E-state index in [9.17, 15) is 21.2 Å². The lowest BCUT2D eigenvalue weighted by atomic mass is 10.2. The van der Waals surface area contributed by atoms with Crippen LogP contribution >= 0.6 is 0 Å². The van der Waals surface area contributed by atoms with E-state index in [0.29, 0.717) is 12.1 Å². The third kappa shape index (κ3) is 3.69. The van der Waals surface area contributed by atoms with Gasteiger partial charge in [0.1, 0.15) is 11.6 Å². The lowest BCUT2D eigenvalue weighted by molar-refractivity contribution is 0.503. The quantitative estimate of drug-likeness (QED) is 0.863. The van der Waals surface area contributed by atoms with Gasteiger partial charge < -0.3 is 0 Å². The SMILES string of the molecule is Cc1cc(NS(=O)(=O)c2ccc(F)cc2C)n([C@H]2CCS(=O)(=O)C2)n1. The summed E-state index contributed by atoms with van der Waals surface area (Å²) in [7, 11) is -7.09. The third-order valence-corrected chi connectivity index (χ3v) is 7.34. The van der Waals surface area contributed by atoms with E-state index in [1.54, 1.807) is 13.0 Å². The van der Waals surface area contributed by atoms with Crippen molar-refractivity contribution in [2.45, 2.75) is 31.2 Å². The molecule has 0 saturated carbocycles. The molecule has 0 spiro atoms. The van der Waals surface area contributed by atoms with Gasteiger partial charge in [0.05, 0.1) is 28.1 Å². The molecule has 25 heavy (non-hydrogen) atoms. The average Bonchev–Trinajstić information content (AvgIpc) is 3.00. The van der Waals surface area contributed by atoms with Gasteiger partial charge in [-0.2, -0.15) is 5.10 Å². The Kier molecular flexibility index (Phi) is 4.36. The molecule has 0 radical (unpaired) electrons. The van der Waals surface area contributed by atoms with Crippen molar-refractivity contribution in [2.75, 3.05) is 16.2 Å². The van der Waals surface area contributed by atoms with Gasteiger partial charge >= 0.3 is 0 Å². The Hall–Kier alpha value is -1.94. The maximum Gasteiger partial charge on any atom is 0.263 e. The second-order valence-corrected chi connectivity index (χ2v) is 10.1. The molecule has 1 aromatic carbocycles. The van der Waals surface area contributed by atoms with Gasteiger partial charge in [-0.05, 0) is 44.0 Å². The molecule has 0 aliphatic carbocycles. The molecule has 2 heterocycles. The summed E-state index contributed by atoms with van der Waals surface area (Å²) in [6, 6.07) is 4.54. The summed E-state index contributed by atoms with van der Waals surface area (Å²) in [5.74, 6) is -0.338. The molecule has 136 valence electrons. The molecule has 7 nitrogen and oxygen atoms in total. The Balaban J connectivity index is 1.95. The van der Waals surface area contributed by atoms with Crippen molar-refractivity contribution in [2.24, 2.45) is 0 Å². The minimum atomic E-state index is -3.96.